The van der Waals surface area contributed by atoms with Gasteiger partial charge in [-0.25, -0.2) is 4.98 Å². The molecule has 2 atom stereocenters. The molecule has 1 rings (SSSR count). The van der Waals surface area contributed by atoms with E-state index in [1.54, 1.807) is 0 Å². The lowest BCUT2D eigenvalue weighted by Gasteiger charge is -2.23. The van der Waals surface area contributed by atoms with Crippen molar-refractivity contribution in [3.05, 3.63) is 18.2 Å². The molecule has 1 aromatic heterocycles. The highest BCUT2D eigenvalue weighted by atomic mass is 15.1. The van der Waals surface area contributed by atoms with Gasteiger partial charge >= 0.3 is 0 Å². The van der Waals surface area contributed by atoms with E-state index in [1.807, 2.05) is 12.4 Å². The fourth-order valence-corrected chi connectivity index (χ4v) is 1.71. The highest BCUT2D eigenvalue weighted by molar-refractivity contribution is 4.96. The lowest BCUT2D eigenvalue weighted by Crippen LogP contribution is -2.34. The molecule has 1 heterocycles. The first-order chi connectivity index (χ1) is 7.06. The van der Waals surface area contributed by atoms with Crippen LogP contribution in [0, 0.1) is 11.8 Å². The van der Waals surface area contributed by atoms with E-state index in [1.165, 1.54) is 0 Å². The molecule has 3 nitrogen and oxygen atoms in total. The highest BCUT2D eigenvalue weighted by Gasteiger charge is 2.18. The topological polar surface area (TPSA) is 43.8 Å². The van der Waals surface area contributed by atoms with E-state index in [0.717, 1.165) is 18.8 Å². The zero-order valence-corrected chi connectivity index (χ0v) is 10.3. The molecule has 1 aromatic rings. The van der Waals surface area contributed by atoms with Crippen molar-refractivity contribution in [1.29, 1.82) is 0 Å². The van der Waals surface area contributed by atoms with Gasteiger partial charge in [0.25, 0.3) is 0 Å². The fraction of sp³-hybridized carbons (Fsp3) is 0.750. The zero-order valence-electron chi connectivity index (χ0n) is 10.3. The third-order valence-electron chi connectivity index (χ3n) is 3.29. The molecular weight excluding hydrogens is 186 g/mol. The Kier molecular flexibility index (Phi) is 4.33. The van der Waals surface area contributed by atoms with Crippen molar-refractivity contribution in [2.75, 3.05) is 0 Å². The molecule has 0 radical (unpaired) electrons. The van der Waals surface area contributed by atoms with Crippen LogP contribution in [0.4, 0.5) is 0 Å². The van der Waals surface area contributed by atoms with Crippen LogP contribution in [-0.4, -0.2) is 15.6 Å². The van der Waals surface area contributed by atoms with Crippen LogP contribution in [0.25, 0.3) is 0 Å². The fourth-order valence-electron chi connectivity index (χ4n) is 1.71. The van der Waals surface area contributed by atoms with E-state index in [-0.39, 0.29) is 6.04 Å². The summed E-state index contributed by atoms with van der Waals surface area (Å²) in [4.78, 5) is 4.35. The quantitative estimate of drug-likeness (QED) is 0.806. The molecule has 0 amide bonds. The molecule has 86 valence electrons. The molecular formula is C12H23N3. The average molecular weight is 209 g/mol. The first kappa shape index (κ1) is 12.2. The maximum Gasteiger partial charge on any atom is 0.110 e. The average Bonchev–Trinajstić information content (AvgIpc) is 2.63. The molecule has 0 saturated heterocycles. The largest absolute Gasteiger partial charge is 0.335 e. The van der Waals surface area contributed by atoms with Crippen molar-refractivity contribution in [1.82, 2.24) is 9.55 Å². The van der Waals surface area contributed by atoms with E-state index in [0.29, 0.717) is 11.8 Å². The number of hydrogen-bond acceptors (Lipinski definition) is 2. The van der Waals surface area contributed by atoms with E-state index in [9.17, 15) is 0 Å². The molecule has 0 saturated carbocycles. The second-order valence-corrected chi connectivity index (χ2v) is 4.60. The Labute approximate surface area is 92.7 Å². The zero-order chi connectivity index (χ0) is 11.4. The van der Waals surface area contributed by atoms with Gasteiger partial charge < -0.3 is 10.3 Å². The van der Waals surface area contributed by atoms with Crippen molar-refractivity contribution in [2.45, 2.75) is 46.7 Å². The Balaban J connectivity index is 2.61. The van der Waals surface area contributed by atoms with E-state index in [4.69, 9.17) is 5.73 Å². The third kappa shape index (κ3) is 3.06. The first-order valence-electron chi connectivity index (χ1n) is 5.81. The number of nitrogens with two attached hydrogens (primary N) is 1. The number of aryl methyl sites for hydroxylation is 1. The summed E-state index contributed by atoms with van der Waals surface area (Å²) in [7, 11) is 0. The van der Waals surface area contributed by atoms with Gasteiger partial charge in [-0.05, 0) is 18.8 Å². The van der Waals surface area contributed by atoms with E-state index in [2.05, 4.69) is 37.2 Å². The Morgan fingerprint density at radius 1 is 1.40 bits per heavy atom. The van der Waals surface area contributed by atoms with Crippen molar-refractivity contribution in [2.24, 2.45) is 17.6 Å². The van der Waals surface area contributed by atoms with Gasteiger partial charge in [-0.3, -0.25) is 0 Å². The Hall–Kier alpha value is -0.830. The number of rotatable bonds is 5. The van der Waals surface area contributed by atoms with Gasteiger partial charge in [-0.15, -0.1) is 0 Å². The number of aromatic nitrogens is 2. The predicted octanol–water partition coefficient (Wildman–Crippen LogP) is 2.06. The van der Waals surface area contributed by atoms with Gasteiger partial charge in [0.1, 0.15) is 5.82 Å². The van der Waals surface area contributed by atoms with Crippen LogP contribution >= 0.6 is 0 Å². The summed E-state index contributed by atoms with van der Waals surface area (Å²) in [5, 5.41) is 0. The second-order valence-electron chi connectivity index (χ2n) is 4.60. The summed E-state index contributed by atoms with van der Waals surface area (Å²) >= 11 is 0. The Morgan fingerprint density at radius 3 is 2.60 bits per heavy atom. The monoisotopic (exact) mass is 209 g/mol. The standard InChI is InChI=1S/C12H23N3/c1-5-15-7-6-14-12(15)8-11(13)10(4)9(2)3/h6-7,9-11H,5,8,13H2,1-4H3. The van der Waals surface area contributed by atoms with Gasteiger partial charge in [0.2, 0.25) is 0 Å². The van der Waals surface area contributed by atoms with Crippen molar-refractivity contribution in [3.63, 3.8) is 0 Å². The SMILES string of the molecule is CCn1ccnc1CC(N)C(C)C(C)C. The first-order valence-corrected chi connectivity index (χ1v) is 5.81. The molecule has 0 aliphatic rings. The summed E-state index contributed by atoms with van der Waals surface area (Å²) in [5.74, 6) is 2.27. The van der Waals surface area contributed by atoms with Crippen LogP contribution in [0.15, 0.2) is 12.4 Å². The van der Waals surface area contributed by atoms with E-state index < -0.39 is 0 Å². The van der Waals surface area contributed by atoms with Gasteiger partial charge in [-0.1, -0.05) is 20.8 Å². The van der Waals surface area contributed by atoms with Crippen LogP contribution < -0.4 is 5.73 Å². The molecule has 0 aromatic carbocycles. The molecule has 0 aliphatic heterocycles. The maximum absolute atomic E-state index is 6.18. The summed E-state index contributed by atoms with van der Waals surface area (Å²) in [5.41, 5.74) is 6.18. The molecule has 0 fully saturated rings. The van der Waals surface area contributed by atoms with Gasteiger partial charge in [-0.2, -0.15) is 0 Å². The van der Waals surface area contributed by atoms with Gasteiger partial charge in [0, 0.05) is 31.4 Å². The molecule has 2 N–H and O–H groups in total. The van der Waals surface area contributed by atoms with Crippen molar-refractivity contribution >= 4 is 0 Å². The lowest BCUT2D eigenvalue weighted by atomic mass is 9.89. The molecule has 0 spiro atoms. The highest BCUT2D eigenvalue weighted by Crippen LogP contribution is 2.15. The minimum Gasteiger partial charge on any atom is -0.335 e. The minimum absolute atomic E-state index is 0.206. The summed E-state index contributed by atoms with van der Waals surface area (Å²) in [6.07, 6.45) is 4.74. The molecule has 2 unspecified atom stereocenters. The summed E-state index contributed by atoms with van der Waals surface area (Å²) in [6.45, 7) is 9.75. The molecule has 0 bridgehead atoms. The van der Waals surface area contributed by atoms with Crippen molar-refractivity contribution < 1.29 is 0 Å². The normalized spacial score (nSPS) is 15.6. The molecule has 3 heteroatoms. The third-order valence-corrected chi connectivity index (χ3v) is 3.29. The van der Waals surface area contributed by atoms with Crippen LogP contribution in [0.5, 0.6) is 0 Å². The molecule has 15 heavy (non-hydrogen) atoms. The van der Waals surface area contributed by atoms with Crippen LogP contribution in [0.3, 0.4) is 0 Å². The Bertz CT molecular complexity index is 291. The van der Waals surface area contributed by atoms with Gasteiger partial charge in [0.05, 0.1) is 0 Å². The van der Waals surface area contributed by atoms with Crippen LogP contribution in [0.2, 0.25) is 0 Å². The number of imidazole rings is 1. The Morgan fingerprint density at radius 2 is 2.07 bits per heavy atom. The summed E-state index contributed by atoms with van der Waals surface area (Å²) < 4.78 is 2.16. The van der Waals surface area contributed by atoms with Crippen LogP contribution in [0.1, 0.15) is 33.5 Å². The smallest absolute Gasteiger partial charge is 0.110 e. The maximum atomic E-state index is 6.18. The van der Waals surface area contributed by atoms with Crippen molar-refractivity contribution in [3.8, 4) is 0 Å². The minimum atomic E-state index is 0.206. The summed E-state index contributed by atoms with van der Waals surface area (Å²) in [6, 6.07) is 0.206. The lowest BCUT2D eigenvalue weighted by molar-refractivity contribution is 0.339. The van der Waals surface area contributed by atoms with E-state index >= 15 is 0 Å². The predicted molar refractivity (Wildman–Crippen MR) is 63.6 cm³/mol. The second kappa shape index (κ2) is 5.31. The van der Waals surface area contributed by atoms with Crippen LogP contribution in [-0.2, 0) is 13.0 Å². The van der Waals surface area contributed by atoms with Gasteiger partial charge in [0.15, 0.2) is 0 Å². The molecule has 0 aliphatic carbocycles. The number of hydrogen-bond donors (Lipinski definition) is 1. The number of nitrogens with zero attached hydrogens (tertiary/aromatic N) is 2.